The lowest BCUT2D eigenvalue weighted by Gasteiger charge is -2.37. The second-order valence-corrected chi connectivity index (χ2v) is 7.77. The van der Waals surface area contributed by atoms with Crippen molar-refractivity contribution in [3.63, 3.8) is 0 Å². The minimum atomic E-state index is -1.06. The first-order valence-corrected chi connectivity index (χ1v) is 9.09. The number of halogens is 2. The minimum Gasteiger partial charge on any atom is -0.346 e. The molecule has 1 aromatic rings. The van der Waals surface area contributed by atoms with Crippen molar-refractivity contribution in [3.8, 4) is 0 Å². The molecule has 1 fully saturated rings. The first-order valence-electron chi connectivity index (χ1n) is 9.09. The topological polar surface area (TPSA) is 81.8 Å². The van der Waals surface area contributed by atoms with Gasteiger partial charge in [-0.25, -0.2) is 8.78 Å². The van der Waals surface area contributed by atoms with Crippen molar-refractivity contribution < 1.29 is 23.2 Å². The SMILES string of the molecule is CC(C)(C)C(=O)N1CCN(CC(=O)NCC(=O)Nc2ccc(F)c(F)c2)CC1. The summed E-state index contributed by atoms with van der Waals surface area (Å²) in [4.78, 5) is 39.8. The summed E-state index contributed by atoms with van der Waals surface area (Å²) < 4.78 is 26.0. The highest BCUT2D eigenvalue weighted by Gasteiger charge is 2.30. The van der Waals surface area contributed by atoms with E-state index in [1.807, 2.05) is 25.7 Å². The molecule has 9 heteroatoms. The molecule has 7 nitrogen and oxygen atoms in total. The third-order valence-electron chi connectivity index (χ3n) is 4.32. The maximum Gasteiger partial charge on any atom is 0.243 e. The van der Waals surface area contributed by atoms with Crippen LogP contribution in [-0.4, -0.2) is 66.8 Å². The molecule has 0 aromatic heterocycles. The fraction of sp³-hybridized carbons (Fsp3) is 0.526. The van der Waals surface area contributed by atoms with Crippen molar-refractivity contribution in [2.75, 3.05) is 44.6 Å². The van der Waals surface area contributed by atoms with Gasteiger partial charge in [0.15, 0.2) is 11.6 Å². The van der Waals surface area contributed by atoms with Gasteiger partial charge in [0.2, 0.25) is 17.7 Å². The van der Waals surface area contributed by atoms with Gasteiger partial charge in [0.05, 0.1) is 13.1 Å². The van der Waals surface area contributed by atoms with Gasteiger partial charge in [-0.3, -0.25) is 19.3 Å². The van der Waals surface area contributed by atoms with Crippen LogP contribution in [0.25, 0.3) is 0 Å². The van der Waals surface area contributed by atoms with E-state index in [1.54, 1.807) is 4.90 Å². The number of nitrogens with zero attached hydrogens (tertiary/aromatic N) is 2. The summed E-state index contributed by atoms with van der Waals surface area (Å²) in [6.45, 7) is 7.74. The molecule has 0 aliphatic carbocycles. The van der Waals surface area contributed by atoms with Crippen molar-refractivity contribution in [1.29, 1.82) is 0 Å². The molecule has 0 unspecified atom stereocenters. The van der Waals surface area contributed by atoms with Gasteiger partial charge in [-0.2, -0.15) is 0 Å². The number of carbonyl (C=O) groups is 3. The van der Waals surface area contributed by atoms with E-state index >= 15 is 0 Å². The maximum atomic E-state index is 13.1. The Labute approximate surface area is 163 Å². The summed E-state index contributed by atoms with van der Waals surface area (Å²) in [5.41, 5.74) is -0.321. The number of rotatable bonds is 5. The zero-order valence-electron chi connectivity index (χ0n) is 16.3. The molecule has 0 spiro atoms. The second-order valence-electron chi connectivity index (χ2n) is 7.77. The monoisotopic (exact) mass is 396 g/mol. The van der Waals surface area contributed by atoms with Crippen LogP contribution in [0.4, 0.5) is 14.5 Å². The Morgan fingerprint density at radius 3 is 2.21 bits per heavy atom. The average molecular weight is 396 g/mol. The summed E-state index contributed by atoms with van der Waals surface area (Å²) in [6, 6.07) is 3.01. The van der Waals surface area contributed by atoms with E-state index in [1.165, 1.54) is 6.07 Å². The first-order chi connectivity index (χ1) is 13.1. The fourth-order valence-corrected chi connectivity index (χ4v) is 2.80. The maximum absolute atomic E-state index is 13.1. The smallest absolute Gasteiger partial charge is 0.243 e. The summed E-state index contributed by atoms with van der Waals surface area (Å²) in [6.07, 6.45) is 0. The predicted molar refractivity (Wildman–Crippen MR) is 100 cm³/mol. The minimum absolute atomic E-state index is 0.0884. The van der Waals surface area contributed by atoms with Crippen molar-refractivity contribution in [3.05, 3.63) is 29.8 Å². The molecule has 154 valence electrons. The van der Waals surface area contributed by atoms with Gasteiger partial charge in [-0.1, -0.05) is 20.8 Å². The van der Waals surface area contributed by atoms with Crippen LogP contribution in [0.3, 0.4) is 0 Å². The molecule has 1 aliphatic heterocycles. The molecular formula is C19H26F2N4O3. The molecule has 2 rings (SSSR count). The van der Waals surface area contributed by atoms with Crippen LogP contribution >= 0.6 is 0 Å². The summed E-state index contributed by atoms with van der Waals surface area (Å²) >= 11 is 0. The number of nitrogens with one attached hydrogen (secondary N) is 2. The van der Waals surface area contributed by atoms with Gasteiger partial charge in [0.25, 0.3) is 0 Å². The Kier molecular flexibility index (Phi) is 7.06. The van der Waals surface area contributed by atoms with E-state index in [9.17, 15) is 23.2 Å². The molecule has 0 saturated carbocycles. The second kappa shape index (κ2) is 9.09. The van der Waals surface area contributed by atoms with Crippen molar-refractivity contribution >= 4 is 23.4 Å². The summed E-state index contributed by atoms with van der Waals surface area (Å²) in [7, 11) is 0. The van der Waals surface area contributed by atoms with Crippen molar-refractivity contribution in [1.82, 2.24) is 15.1 Å². The highest BCUT2D eigenvalue weighted by molar-refractivity contribution is 5.94. The third-order valence-corrected chi connectivity index (χ3v) is 4.32. The largest absolute Gasteiger partial charge is 0.346 e. The van der Waals surface area contributed by atoms with Crippen LogP contribution in [0.2, 0.25) is 0 Å². The molecule has 28 heavy (non-hydrogen) atoms. The number of amides is 3. The number of benzene rings is 1. The van der Waals surface area contributed by atoms with E-state index in [0.717, 1.165) is 12.1 Å². The van der Waals surface area contributed by atoms with Gasteiger partial charge < -0.3 is 15.5 Å². The van der Waals surface area contributed by atoms with E-state index in [-0.39, 0.29) is 30.6 Å². The van der Waals surface area contributed by atoms with Crippen molar-refractivity contribution in [2.45, 2.75) is 20.8 Å². The quantitative estimate of drug-likeness (QED) is 0.784. The van der Waals surface area contributed by atoms with E-state index in [2.05, 4.69) is 10.6 Å². The van der Waals surface area contributed by atoms with Crippen LogP contribution < -0.4 is 10.6 Å². The van der Waals surface area contributed by atoms with Gasteiger partial charge in [-0.05, 0) is 12.1 Å². The molecule has 2 N–H and O–H groups in total. The van der Waals surface area contributed by atoms with E-state index in [4.69, 9.17) is 0 Å². The highest BCUT2D eigenvalue weighted by Crippen LogP contribution is 2.18. The lowest BCUT2D eigenvalue weighted by atomic mass is 9.94. The molecule has 0 radical (unpaired) electrons. The standard InChI is InChI=1S/C19H26F2N4O3/c1-19(2,3)18(28)25-8-6-24(7-9-25)12-17(27)22-11-16(26)23-13-4-5-14(20)15(21)10-13/h4-5,10H,6-9,11-12H2,1-3H3,(H,22,27)(H,23,26). The number of hydrogen-bond donors (Lipinski definition) is 2. The van der Waals surface area contributed by atoms with Gasteiger partial charge in [0, 0.05) is 43.3 Å². The zero-order valence-corrected chi connectivity index (χ0v) is 16.3. The molecular weight excluding hydrogens is 370 g/mol. The Balaban J connectivity index is 1.71. The Hall–Kier alpha value is -2.55. The molecule has 1 heterocycles. The number of anilines is 1. The summed E-state index contributed by atoms with van der Waals surface area (Å²) in [5.74, 6) is -2.84. The van der Waals surface area contributed by atoms with Gasteiger partial charge in [0.1, 0.15) is 0 Å². The highest BCUT2D eigenvalue weighted by atomic mass is 19.2. The molecule has 1 aromatic carbocycles. The van der Waals surface area contributed by atoms with Gasteiger partial charge >= 0.3 is 0 Å². The average Bonchev–Trinajstić information content (AvgIpc) is 2.62. The molecule has 0 bridgehead atoms. The van der Waals surface area contributed by atoms with Crippen LogP contribution in [0.1, 0.15) is 20.8 Å². The number of carbonyl (C=O) groups excluding carboxylic acids is 3. The fourth-order valence-electron chi connectivity index (χ4n) is 2.80. The molecule has 1 aliphatic rings. The first kappa shape index (κ1) is 21.7. The van der Waals surface area contributed by atoms with Crippen LogP contribution in [0.5, 0.6) is 0 Å². The lowest BCUT2D eigenvalue weighted by Crippen LogP contribution is -2.53. The third kappa shape index (κ3) is 6.26. The van der Waals surface area contributed by atoms with Gasteiger partial charge in [-0.15, -0.1) is 0 Å². The Morgan fingerprint density at radius 2 is 1.64 bits per heavy atom. The molecule has 3 amide bonds. The molecule has 1 saturated heterocycles. The molecule has 0 atom stereocenters. The Bertz CT molecular complexity index is 741. The van der Waals surface area contributed by atoms with E-state index < -0.39 is 23.0 Å². The lowest BCUT2D eigenvalue weighted by molar-refractivity contribution is -0.141. The number of piperazine rings is 1. The summed E-state index contributed by atoms with van der Waals surface area (Å²) in [5, 5.41) is 4.88. The van der Waals surface area contributed by atoms with Crippen LogP contribution in [-0.2, 0) is 14.4 Å². The number of hydrogen-bond acceptors (Lipinski definition) is 4. The Morgan fingerprint density at radius 1 is 1.00 bits per heavy atom. The predicted octanol–water partition coefficient (Wildman–Crippen LogP) is 1.21. The van der Waals surface area contributed by atoms with Crippen molar-refractivity contribution in [2.24, 2.45) is 5.41 Å². The van der Waals surface area contributed by atoms with Crippen LogP contribution in [0, 0.1) is 17.0 Å². The zero-order chi connectivity index (χ0) is 20.9. The van der Waals surface area contributed by atoms with Crippen LogP contribution in [0.15, 0.2) is 18.2 Å². The van der Waals surface area contributed by atoms with E-state index in [0.29, 0.717) is 26.2 Å². The normalized spacial score (nSPS) is 15.2.